The van der Waals surface area contributed by atoms with Gasteiger partial charge in [-0.05, 0) is 51.0 Å². The van der Waals surface area contributed by atoms with Crippen LogP contribution < -0.4 is 5.32 Å². The monoisotopic (exact) mass is 267 g/mol. The molecule has 1 aromatic rings. The van der Waals surface area contributed by atoms with Crippen molar-refractivity contribution in [2.24, 2.45) is 0 Å². The molecule has 106 valence electrons. The van der Waals surface area contributed by atoms with Crippen LogP contribution in [0.15, 0.2) is 24.3 Å². The van der Waals surface area contributed by atoms with Crippen molar-refractivity contribution in [1.29, 1.82) is 0 Å². The first-order valence-electron chi connectivity index (χ1n) is 6.90. The van der Waals surface area contributed by atoms with E-state index in [1.54, 1.807) is 12.1 Å². The number of hydrogen-bond donors (Lipinski definition) is 1. The molecule has 4 heteroatoms. The van der Waals surface area contributed by atoms with Gasteiger partial charge in [-0.2, -0.15) is 0 Å². The van der Waals surface area contributed by atoms with Gasteiger partial charge in [0.25, 0.3) is 0 Å². The Labute approximate surface area is 114 Å². The Hall–Kier alpha value is -1.13. The van der Waals surface area contributed by atoms with Gasteiger partial charge in [0.1, 0.15) is 5.82 Å². The second-order valence-electron chi connectivity index (χ2n) is 5.16. The first-order valence-corrected chi connectivity index (χ1v) is 6.90. The Morgan fingerprint density at radius 3 is 2.47 bits per heavy atom. The lowest BCUT2D eigenvalue weighted by Gasteiger charge is -2.32. The van der Waals surface area contributed by atoms with Gasteiger partial charge in [-0.3, -0.25) is 0 Å². The molecule has 1 aliphatic rings. The summed E-state index contributed by atoms with van der Waals surface area (Å²) in [6, 6.07) is 6.36. The van der Waals surface area contributed by atoms with Crippen molar-refractivity contribution < 1.29 is 13.9 Å². The Morgan fingerprint density at radius 1 is 1.21 bits per heavy atom. The highest BCUT2D eigenvalue weighted by atomic mass is 19.1. The van der Waals surface area contributed by atoms with E-state index in [2.05, 4.69) is 19.2 Å². The Morgan fingerprint density at radius 2 is 1.84 bits per heavy atom. The van der Waals surface area contributed by atoms with Gasteiger partial charge >= 0.3 is 0 Å². The summed E-state index contributed by atoms with van der Waals surface area (Å²) in [6.45, 7) is 5.55. The summed E-state index contributed by atoms with van der Waals surface area (Å²) in [7, 11) is 0. The zero-order valence-corrected chi connectivity index (χ0v) is 11.6. The van der Waals surface area contributed by atoms with E-state index in [9.17, 15) is 4.39 Å². The number of ether oxygens (including phenoxy) is 2. The first-order chi connectivity index (χ1) is 9.13. The van der Waals surface area contributed by atoms with Crippen molar-refractivity contribution >= 4 is 5.69 Å². The van der Waals surface area contributed by atoms with Crippen molar-refractivity contribution in [1.82, 2.24) is 0 Å². The molecular weight excluding hydrogens is 245 g/mol. The number of benzene rings is 1. The average Bonchev–Trinajstić information content (AvgIpc) is 2.36. The van der Waals surface area contributed by atoms with Crippen LogP contribution in [0.5, 0.6) is 0 Å². The van der Waals surface area contributed by atoms with Gasteiger partial charge in [-0.25, -0.2) is 4.39 Å². The number of hydrogen-bond acceptors (Lipinski definition) is 3. The van der Waals surface area contributed by atoms with Gasteiger partial charge in [-0.15, -0.1) is 0 Å². The van der Waals surface area contributed by atoms with Crippen LogP contribution in [-0.2, 0) is 9.47 Å². The minimum absolute atomic E-state index is 0.216. The standard InChI is InChI=1S/C15H22FNO2/c1-11-9-15(10-12(2)19-11)18-8-7-17-14-5-3-13(16)4-6-14/h3-6,11-12,15,17H,7-10H2,1-2H3. The molecule has 0 spiro atoms. The quantitative estimate of drug-likeness (QED) is 0.831. The summed E-state index contributed by atoms with van der Waals surface area (Å²) in [4.78, 5) is 0. The maximum absolute atomic E-state index is 12.7. The molecule has 0 radical (unpaired) electrons. The summed E-state index contributed by atoms with van der Waals surface area (Å²) in [6.07, 6.45) is 2.76. The van der Waals surface area contributed by atoms with E-state index in [4.69, 9.17) is 9.47 Å². The molecular formula is C15H22FNO2. The van der Waals surface area contributed by atoms with Crippen molar-refractivity contribution in [3.63, 3.8) is 0 Å². The third-order valence-electron chi connectivity index (χ3n) is 3.28. The van der Waals surface area contributed by atoms with E-state index in [1.165, 1.54) is 12.1 Å². The molecule has 1 heterocycles. The van der Waals surface area contributed by atoms with Gasteiger partial charge in [0.2, 0.25) is 0 Å². The Balaban J connectivity index is 1.65. The van der Waals surface area contributed by atoms with E-state index in [-0.39, 0.29) is 24.1 Å². The highest BCUT2D eigenvalue weighted by molar-refractivity contribution is 5.42. The smallest absolute Gasteiger partial charge is 0.123 e. The summed E-state index contributed by atoms with van der Waals surface area (Å²) < 4.78 is 24.3. The maximum Gasteiger partial charge on any atom is 0.123 e. The Bertz CT molecular complexity index is 372. The van der Waals surface area contributed by atoms with Crippen LogP contribution in [-0.4, -0.2) is 31.5 Å². The van der Waals surface area contributed by atoms with Crippen LogP contribution >= 0.6 is 0 Å². The van der Waals surface area contributed by atoms with E-state index < -0.39 is 0 Å². The molecule has 1 fully saturated rings. The summed E-state index contributed by atoms with van der Waals surface area (Å²) in [5.74, 6) is -0.216. The van der Waals surface area contributed by atoms with Gasteiger partial charge in [-0.1, -0.05) is 0 Å². The predicted octanol–water partition coefficient (Wildman–Crippen LogP) is 3.21. The second-order valence-corrected chi connectivity index (χ2v) is 5.16. The molecule has 0 aliphatic carbocycles. The highest BCUT2D eigenvalue weighted by Gasteiger charge is 2.24. The van der Waals surface area contributed by atoms with E-state index in [0.717, 1.165) is 25.1 Å². The van der Waals surface area contributed by atoms with Crippen LogP contribution in [0.4, 0.5) is 10.1 Å². The molecule has 0 bridgehead atoms. The fourth-order valence-corrected chi connectivity index (χ4v) is 2.47. The lowest BCUT2D eigenvalue weighted by Crippen LogP contribution is -2.34. The molecule has 0 amide bonds. The molecule has 2 unspecified atom stereocenters. The minimum atomic E-state index is -0.216. The molecule has 3 nitrogen and oxygen atoms in total. The zero-order chi connectivity index (χ0) is 13.7. The van der Waals surface area contributed by atoms with Crippen LogP contribution in [0.2, 0.25) is 0 Å². The van der Waals surface area contributed by atoms with Crippen LogP contribution in [0.25, 0.3) is 0 Å². The van der Waals surface area contributed by atoms with Gasteiger partial charge in [0, 0.05) is 12.2 Å². The summed E-state index contributed by atoms with van der Waals surface area (Å²) >= 11 is 0. The highest BCUT2D eigenvalue weighted by Crippen LogP contribution is 2.21. The second kappa shape index (κ2) is 6.87. The van der Waals surface area contributed by atoms with Crippen molar-refractivity contribution in [3.05, 3.63) is 30.1 Å². The normalized spacial score (nSPS) is 27.2. The minimum Gasteiger partial charge on any atom is -0.383 e. The maximum atomic E-state index is 12.7. The SMILES string of the molecule is CC1CC(OCCNc2ccc(F)cc2)CC(C)O1. The molecule has 2 atom stereocenters. The van der Waals surface area contributed by atoms with Gasteiger partial charge < -0.3 is 14.8 Å². The lowest BCUT2D eigenvalue weighted by atomic mass is 10.0. The van der Waals surface area contributed by atoms with Crippen molar-refractivity contribution in [2.45, 2.75) is 45.0 Å². The predicted molar refractivity (Wildman–Crippen MR) is 73.9 cm³/mol. The lowest BCUT2D eigenvalue weighted by molar-refractivity contribution is -0.0998. The summed E-state index contributed by atoms with van der Waals surface area (Å²) in [5.41, 5.74) is 0.915. The van der Waals surface area contributed by atoms with Gasteiger partial charge in [0.05, 0.1) is 24.9 Å². The molecule has 1 aliphatic heterocycles. The third-order valence-corrected chi connectivity index (χ3v) is 3.28. The number of anilines is 1. The summed E-state index contributed by atoms with van der Waals surface area (Å²) in [5, 5.41) is 3.21. The van der Waals surface area contributed by atoms with Crippen molar-refractivity contribution in [3.8, 4) is 0 Å². The molecule has 0 saturated carbocycles. The Kier molecular flexibility index (Phi) is 5.16. The van der Waals surface area contributed by atoms with Crippen LogP contribution in [0.1, 0.15) is 26.7 Å². The number of nitrogens with one attached hydrogen (secondary N) is 1. The molecule has 1 N–H and O–H groups in total. The largest absolute Gasteiger partial charge is 0.383 e. The van der Waals surface area contributed by atoms with Crippen molar-refractivity contribution in [2.75, 3.05) is 18.5 Å². The fourth-order valence-electron chi connectivity index (χ4n) is 2.47. The fraction of sp³-hybridized carbons (Fsp3) is 0.600. The van der Waals surface area contributed by atoms with Crippen LogP contribution in [0.3, 0.4) is 0 Å². The molecule has 1 saturated heterocycles. The average molecular weight is 267 g/mol. The van der Waals surface area contributed by atoms with E-state index in [0.29, 0.717) is 6.61 Å². The molecule has 19 heavy (non-hydrogen) atoms. The van der Waals surface area contributed by atoms with Crippen LogP contribution in [0, 0.1) is 5.82 Å². The molecule has 1 aromatic carbocycles. The van der Waals surface area contributed by atoms with E-state index >= 15 is 0 Å². The zero-order valence-electron chi connectivity index (χ0n) is 11.6. The number of halogens is 1. The molecule has 2 rings (SSSR count). The van der Waals surface area contributed by atoms with E-state index in [1.807, 2.05) is 0 Å². The first kappa shape index (κ1) is 14.3. The third kappa shape index (κ3) is 4.80. The van der Waals surface area contributed by atoms with Gasteiger partial charge in [0.15, 0.2) is 0 Å². The molecule has 0 aromatic heterocycles. The number of rotatable bonds is 5. The topological polar surface area (TPSA) is 30.5 Å².